The monoisotopic (exact) mass is 480 g/mol. The van der Waals surface area contributed by atoms with E-state index in [2.05, 4.69) is 134 Å². The lowest BCUT2D eigenvalue weighted by molar-refractivity contribution is 0.421. The maximum atomic E-state index is 6.57. The molecule has 164 valence electrons. The molecule has 5 heteroatoms. The Hall–Kier alpha value is -2.55. The summed E-state index contributed by atoms with van der Waals surface area (Å²) in [6.45, 7) is 4.32. The Morgan fingerprint density at radius 1 is 0.455 bits per heavy atom. The second kappa shape index (κ2) is 11.5. The molecule has 2 nitrogen and oxygen atoms in total. The van der Waals surface area contributed by atoms with Crippen LogP contribution in [0.1, 0.15) is 33.3 Å². The minimum Gasteiger partial charge on any atom is -0.436 e. The van der Waals surface area contributed by atoms with Crippen molar-refractivity contribution in [1.82, 2.24) is 0 Å². The lowest BCUT2D eigenvalue weighted by Crippen LogP contribution is -2.40. The number of hydrogen-bond donors (Lipinski definition) is 0. The normalized spacial score (nSPS) is 11.8. The summed E-state index contributed by atoms with van der Waals surface area (Å²) < 4.78 is 13.1. The SMILES string of the molecule is C[Si](C)(O[Si]C(c1ccccc1)c1ccccc1)O[Si]C(c1ccccc1)c1ccccc1. The molecule has 0 aliphatic carbocycles. The van der Waals surface area contributed by atoms with Crippen LogP contribution in [0.2, 0.25) is 13.1 Å². The van der Waals surface area contributed by atoms with Crippen LogP contribution in [0, 0.1) is 0 Å². The Morgan fingerprint density at radius 2 is 0.697 bits per heavy atom. The van der Waals surface area contributed by atoms with Crippen molar-refractivity contribution in [1.29, 1.82) is 0 Å². The van der Waals surface area contributed by atoms with E-state index in [0.717, 1.165) is 0 Å². The standard InChI is InChI=1S/C28H28O2Si3/c1-33(2,29-31-27(23-15-7-3-8-16-23)24-17-9-4-10-18-24)30-32-28(25-19-11-5-12-20-25)26-21-13-6-14-22-26/h3-22,27-28H,1-2H3. The Morgan fingerprint density at radius 3 is 0.939 bits per heavy atom. The van der Waals surface area contributed by atoms with E-state index in [0.29, 0.717) is 19.5 Å². The van der Waals surface area contributed by atoms with Crippen molar-refractivity contribution in [3.05, 3.63) is 144 Å². The molecule has 0 amide bonds. The number of benzene rings is 4. The van der Waals surface area contributed by atoms with Crippen molar-refractivity contribution in [2.24, 2.45) is 0 Å². The first-order valence-electron chi connectivity index (χ1n) is 11.2. The molecule has 0 saturated carbocycles. The van der Waals surface area contributed by atoms with Gasteiger partial charge in [0, 0.05) is 11.1 Å². The van der Waals surface area contributed by atoms with Gasteiger partial charge in [-0.3, -0.25) is 0 Å². The van der Waals surface area contributed by atoms with Gasteiger partial charge in [0.2, 0.25) is 19.5 Å². The van der Waals surface area contributed by atoms with E-state index in [9.17, 15) is 0 Å². The largest absolute Gasteiger partial charge is 0.436 e. The van der Waals surface area contributed by atoms with Gasteiger partial charge in [-0.15, -0.1) is 0 Å². The van der Waals surface area contributed by atoms with Crippen molar-refractivity contribution >= 4 is 28.1 Å². The third-order valence-corrected chi connectivity index (χ3v) is 12.1. The molecule has 0 fully saturated rings. The molecule has 0 spiro atoms. The fourth-order valence-electron chi connectivity index (χ4n) is 3.66. The van der Waals surface area contributed by atoms with Gasteiger partial charge in [-0.1, -0.05) is 121 Å². The van der Waals surface area contributed by atoms with Gasteiger partial charge < -0.3 is 8.23 Å². The summed E-state index contributed by atoms with van der Waals surface area (Å²) in [6, 6.07) is 42.5. The molecule has 4 aromatic carbocycles. The molecule has 0 aliphatic rings. The minimum atomic E-state index is -2.34. The van der Waals surface area contributed by atoms with Crippen LogP contribution >= 0.6 is 0 Å². The quantitative estimate of drug-likeness (QED) is 0.240. The van der Waals surface area contributed by atoms with Crippen LogP contribution in [-0.2, 0) is 8.23 Å². The molecule has 4 rings (SSSR count). The molecule has 0 aromatic heterocycles. The lowest BCUT2D eigenvalue weighted by atomic mass is 10.0. The average molecular weight is 481 g/mol. The van der Waals surface area contributed by atoms with Crippen LogP contribution in [0.15, 0.2) is 121 Å². The van der Waals surface area contributed by atoms with E-state index in [1.165, 1.54) is 22.3 Å². The van der Waals surface area contributed by atoms with Crippen molar-refractivity contribution < 1.29 is 8.23 Å². The first-order chi connectivity index (χ1) is 16.1. The molecule has 0 unspecified atom stereocenters. The summed E-state index contributed by atoms with van der Waals surface area (Å²) in [5.74, 6) is 0. The smallest absolute Gasteiger partial charge is 0.310 e. The Bertz CT molecular complexity index is 923. The zero-order valence-corrected chi connectivity index (χ0v) is 22.0. The Balaban J connectivity index is 1.47. The highest BCUT2D eigenvalue weighted by Gasteiger charge is 2.30. The second-order valence-electron chi connectivity index (χ2n) is 8.35. The molecule has 0 heterocycles. The van der Waals surface area contributed by atoms with Gasteiger partial charge >= 0.3 is 8.56 Å². The van der Waals surface area contributed by atoms with Crippen molar-refractivity contribution in [3.8, 4) is 0 Å². The molecule has 0 atom stereocenters. The van der Waals surface area contributed by atoms with Gasteiger partial charge in [-0.2, -0.15) is 0 Å². The van der Waals surface area contributed by atoms with Gasteiger partial charge in [0.15, 0.2) is 0 Å². The first-order valence-corrected chi connectivity index (χ1v) is 16.0. The molecule has 4 aromatic rings. The van der Waals surface area contributed by atoms with E-state index < -0.39 is 8.56 Å². The maximum Gasteiger partial charge on any atom is 0.310 e. The number of hydrogen-bond acceptors (Lipinski definition) is 2. The topological polar surface area (TPSA) is 18.5 Å². The van der Waals surface area contributed by atoms with Gasteiger partial charge in [-0.05, 0) is 35.3 Å². The number of rotatable bonds is 10. The Kier molecular flexibility index (Phi) is 8.25. The van der Waals surface area contributed by atoms with Crippen molar-refractivity contribution in [2.45, 2.75) is 24.2 Å². The van der Waals surface area contributed by atoms with Crippen LogP contribution in [0.5, 0.6) is 0 Å². The molecular weight excluding hydrogens is 453 g/mol. The molecule has 0 N–H and O–H groups in total. The third-order valence-electron chi connectivity index (χ3n) is 5.38. The van der Waals surface area contributed by atoms with Crippen LogP contribution in [-0.4, -0.2) is 28.1 Å². The zero-order valence-electron chi connectivity index (χ0n) is 19.0. The molecular formula is C28H28O2Si3. The van der Waals surface area contributed by atoms with E-state index >= 15 is 0 Å². The minimum absolute atomic E-state index is 0.213. The van der Waals surface area contributed by atoms with Crippen molar-refractivity contribution in [3.63, 3.8) is 0 Å². The summed E-state index contributed by atoms with van der Waals surface area (Å²) in [7, 11) is -1.72. The Labute approximate surface area is 203 Å². The summed E-state index contributed by atoms with van der Waals surface area (Å²) in [4.78, 5) is 0. The fourth-order valence-corrected chi connectivity index (χ4v) is 8.73. The van der Waals surface area contributed by atoms with Gasteiger partial charge in [-0.25, -0.2) is 0 Å². The second-order valence-corrected chi connectivity index (χ2v) is 14.4. The van der Waals surface area contributed by atoms with Gasteiger partial charge in [0.25, 0.3) is 0 Å². The molecule has 0 aliphatic heterocycles. The highest BCUT2D eigenvalue weighted by Crippen LogP contribution is 2.27. The van der Waals surface area contributed by atoms with Crippen LogP contribution in [0.3, 0.4) is 0 Å². The fraction of sp³-hybridized carbons (Fsp3) is 0.143. The van der Waals surface area contributed by atoms with Gasteiger partial charge in [0.1, 0.15) is 0 Å². The van der Waals surface area contributed by atoms with Gasteiger partial charge in [0.05, 0.1) is 0 Å². The summed E-state index contributed by atoms with van der Waals surface area (Å²) >= 11 is 0. The summed E-state index contributed by atoms with van der Waals surface area (Å²) in [6.07, 6.45) is 0. The van der Waals surface area contributed by atoms with E-state index in [-0.39, 0.29) is 11.1 Å². The molecule has 33 heavy (non-hydrogen) atoms. The third kappa shape index (κ3) is 6.72. The lowest BCUT2D eigenvalue weighted by Gasteiger charge is -2.28. The van der Waals surface area contributed by atoms with E-state index in [1.54, 1.807) is 0 Å². The van der Waals surface area contributed by atoms with E-state index in [1.807, 2.05) is 0 Å². The predicted octanol–water partition coefficient (Wildman–Crippen LogP) is 6.54. The molecule has 4 radical (unpaired) electrons. The summed E-state index contributed by atoms with van der Waals surface area (Å²) in [5, 5.41) is 0. The van der Waals surface area contributed by atoms with Crippen LogP contribution in [0.4, 0.5) is 0 Å². The zero-order chi connectivity index (χ0) is 22.9. The first kappa shape index (κ1) is 23.6. The van der Waals surface area contributed by atoms with Crippen LogP contribution < -0.4 is 0 Å². The van der Waals surface area contributed by atoms with Crippen LogP contribution in [0.25, 0.3) is 0 Å². The molecule has 0 saturated heterocycles. The average Bonchev–Trinajstić information content (AvgIpc) is 2.87. The van der Waals surface area contributed by atoms with E-state index in [4.69, 9.17) is 8.23 Å². The predicted molar refractivity (Wildman–Crippen MR) is 141 cm³/mol. The summed E-state index contributed by atoms with van der Waals surface area (Å²) in [5.41, 5.74) is 5.54. The highest BCUT2D eigenvalue weighted by atomic mass is 28.4. The highest BCUT2D eigenvalue weighted by molar-refractivity contribution is 6.73. The van der Waals surface area contributed by atoms with Crippen molar-refractivity contribution in [2.75, 3.05) is 0 Å². The maximum absolute atomic E-state index is 6.57. The molecule has 0 bridgehead atoms.